The minimum Gasteiger partial charge on any atom is -0.534 e. The van der Waals surface area contributed by atoms with Gasteiger partial charge in [-0.3, -0.25) is 0 Å². The lowest BCUT2D eigenvalue weighted by molar-refractivity contribution is -0.736. The molecule has 5 heavy (non-hydrogen) atoms. The van der Waals surface area contributed by atoms with E-state index in [0.717, 1.165) is 0 Å². The number of hydrogen-bond donors (Lipinski definition) is 0. The minimum absolute atomic E-state index is 0.245. The highest BCUT2D eigenvalue weighted by molar-refractivity contribution is 4.61. The van der Waals surface area contributed by atoms with Gasteiger partial charge >= 0.3 is 0 Å². The van der Waals surface area contributed by atoms with Crippen LogP contribution in [0.4, 0.5) is 0 Å². The van der Waals surface area contributed by atoms with Gasteiger partial charge in [0.2, 0.25) is 12.7 Å². The Hall–Kier alpha value is -0.0800. The lowest BCUT2D eigenvalue weighted by Crippen LogP contribution is -2.04. The molecular weight excluding hydrogens is 68.0 g/mol. The third-order valence-electron chi connectivity index (χ3n) is 0.732. The maximum atomic E-state index is 9.72. The van der Waals surface area contributed by atoms with Crippen molar-refractivity contribution in [3.63, 3.8) is 0 Å². The summed E-state index contributed by atoms with van der Waals surface area (Å²) in [6, 6.07) is 0. The average molecular weight is 74.1 g/mol. The fourth-order valence-electron chi connectivity index (χ4n) is 0.192. The summed E-state index contributed by atoms with van der Waals surface area (Å²) in [7, 11) is 0. The van der Waals surface area contributed by atoms with Crippen molar-refractivity contribution >= 4 is 0 Å². The van der Waals surface area contributed by atoms with Gasteiger partial charge in [0.05, 0.1) is 0 Å². The molecule has 1 unspecified atom stereocenters. The van der Waals surface area contributed by atoms with Gasteiger partial charge in [-0.15, -0.1) is 0 Å². The van der Waals surface area contributed by atoms with E-state index in [2.05, 4.69) is 0 Å². The van der Waals surface area contributed by atoms with Crippen molar-refractivity contribution in [2.75, 3.05) is 6.61 Å². The van der Waals surface area contributed by atoms with Crippen molar-refractivity contribution < 1.29 is 9.78 Å². The molecule has 0 aromatic heterocycles. The molecular formula is C3H6O2. The molecule has 1 aliphatic heterocycles. The summed E-state index contributed by atoms with van der Waals surface area (Å²) in [5.41, 5.74) is 0. The zero-order chi connectivity index (χ0) is 3.86. The second-order valence-electron chi connectivity index (χ2n) is 1.36. The zero-order valence-electron chi connectivity index (χ0n) is 3.10. The topological polar surface area (TPSA) is 25.8 Å². The van der Waals surface area contributed by atoms with Gasteiger partial charge in [0.15, 0.2) is 0 Å². The van der Waals surface area contributed by atoms with Crippen molar-refractivity contribution in [1.29, 1.82) is 0 Å². The third-order valence-corrected chi connectivity index (χ3v) is 0.732. The van der Waals surface area contributed by atoms with E-state index in [4.69, 9.17) is 0 Å². The van der Waals surface area contributed by atoms with Gasteiger partial charge in [-0.25, -0.2) is 0 Å². The summed E-state index contributed by atoms with van der Waals surface area (Å²) < 4.78 is 1.66. The van der Waals surface area contributed by atoms with E-state index < -0.39 is 0 Å². The molecule has 0 N–H and O–H groups in total. The fraction of sp³-hybridized carbons (Fsp3) is 1.00. The summed E-state index contributed by atoms with van der Waals surface area (Å²) in [6.45, 7) is 2.54. The highest BCUT2D eigenvalue weighted by Gasteiger charge is 2.31. The Morgan fingerprint density at radius 1 is 2.00 bits per heavy atom. The number of epoxide rings is 1. The van der Waals surface area contributed by atoms with Crippen LogP contribution in [-0.2, 0) is 4.52 Å². The molecule has 0 spiro atoms. The SMILES string of the molecule is CC1C[O+]1[O-]. The molecule has 1 atom stereocenters. The molecule has 0 radical (unpaired) electrons. The molecule has 0 amide bonds. The molecule has 1 rings (SSSR count). The van der Waals surface area contributed by atoms with Gasteiger partial charge in [-0.1, -0.05) is 0 Å². The van der Waals surface area contributed by atoms with Gasteiger partial charge < -0.3 is 9.78 Å². The Balaban J connectivity index is 2.20. The lowest BCUT2D eigenvalue weighted by Gasteiger charge is -1.88. The molecule has 0 aliphatic carbocycles. The van der Waals surface area contributed by atoms with E-state index >= 15 is 0 Å². The van der Waals surface area contributed by atoms with Gasteiger partial charge in [-0.2, -0.15) is 0 Å². The van der Waals surface area contributed by atoms with E-state index in [9.17, 15) is 5.26 Å². The monoisotopic (exact) mass is 74.0 g/mol. The van der Waals surface area contributed by atoms with E-state index in [0.29, 0.717) is 6.61 Å². The van der Waals surface area contributed by atoms with E-state index in [-0.39, 0.29) is 6.10 Å². The van der Waals surface area contributed by atoms with Crippen LogP contribution < -0.4 is 5.26 Å². The maximum absolute atomic E-state index is 9.72. The normalized spacial score (nSPS) is 38.4. The molecule has 1 heterocycles. The number of rotatable bonds is 0. The summed E-state index contributed by atoms with van der Waals surface area (Å²) in [5.74, 6) is 0. The van der Waals surface area contributed by atoms with Crippen LogP contribution in [0.2, 0.25) is 0 Å². The average Bonchev–Trinajstić information content (AvgIpc) is 1.79. The van der Waals surface area contributed by atoms with Crippen molar-refractivity contribution in [3.8, 4) is 0 Å². The molecule has 1 aliphatic rings. The summed E-state index contributed by atoms with van der Waals surface area (Å²) in [6.07, 6.45) is 0.245. The molecule has 1 fully saturated rings. The summed E-state index contributed by atoms with van der Waals surface area (Å²) in [4.78, 5) is 0. The van der Waals surface area contributed by atoms with E-state index in [1.54, 1.807) is 4.52 Å². The Labute approximate surface area is 30.6 Å². The first kappa shape index (κ1) is 3.12. The molecule has 0 saturated carbocycles. The molecule has 1 saturated heterocycles. The van der Waals surface area contributed by atoms with Crippen molar-refractivity contribution in [2.24, 2.45) is 0 Å². The van der Waals surface area contributed by atoms with Crippen LogP contribution in [0.15, 0.2) is 0 Å². The van der Waals surface area contributed by atoms with Crippen LogP contribution in [0.3, 0.4) is 0 Å². The molecule has 0 aromatic carbocycles. The van der Waals surface area contributed by atoms with Crippen LogP contribution in [0, 0.1) is 0 Å². The Kier molecular flexibility index (Phi) is 0.436. The number of hydrogen-bond acceptors (Lipinski definition) is 1. The van der Waals surface area contributed by atoms with Crippen LogP contribution in [0.1, 0.15) is 6.92 Å². The molecule has 30 valence electrons. The lowest BCUT2D eigenvalue weighted by atomic mass is 10.6. The van der Waals surface area contributed by atoms with Crippen molar-refractivity contribution in [3.05, 3.63) is 0 Å². The predicted molar refractivity (Wildman–Crippen MR) is 15.4 cm³/mol. The quantitative estimate of drug-likeness (QED) is 0.210. The highest BCUT2D eigenvalue weighted by atomic mass is 17.3. The van der Waals surface area contributed by atoms with Gasteiger partial charge in [0, 0.05) is 6.92 Å². The molecule has 2 nitrogen and oxygen atoms in total. The summed E-state index contributed by atoms with van der Waals surface area (Å²) >= 11 is 0. The fourth-order valence-corrected chi connectivity index (χ4v) is 0.192. The Bertz CT molecular complexity index is 38.2. The van der Waals surface area contributed by atoms with Crippen molar-refractivity contribution in [2.45, 2.75) is 13.0 Å². The zero-order valence-corrected chi connectivity index (χ0v) is 3.10. The standard InChI is InChI=1S/C3H6O2/c1-3-2-5(3)4/h3H,2H2,1H3. The smallest absolute Gasteiger partial charge is 0.228 e. The second kappa shape index (κ2) is 0.698. The molecule has 0 aromatic rings. The van der Waals surface area contributed by atoms with Gasteiger partial charge in [0.1, 0.15) is 0 Å². The third kappa shape index (κ3) is 0.412. The maximum Gasteiger partial charge on any atom is 0.228 e. The molecule has 2 heteroatoms. The highest BCUT2D eigenvalue weighted by Crippen LogP contribution is 2.13. The first-order valence-corrected chi connectivity index (χ1v) is 1.68. The van der Waals surface area contributed by atoms with Crippen LogP contribution in [0.5, 0.6) is 0 Å². The first-order chi connectivity index (χ1) is 2.30. The van der Waals surface area contributed by atoms with Crippen LogP contribution >= 0.6 is 0 Å². The van der Waals surface area contributed by atoms with E-state index in [1.165, 1.54) is 0 Å². The predicted octanol–water partition coefficient (Wildman–Crippen LogP) is -0.784. The van der Waals surface area contributed by atoms with E-state index in [1.807, 2.05) is 6.92 Å². The second-order valence-corrected chi connectivity index (χ2v) is 1.36. The van der Waals surface area contributed by atoms with Crippen LogP contribution in [0.25, 0.3) is 0 Å². The largest absolute Gasteiger partial charge is 0.534 e. The van der Waals surface area contributed by atoms with Gasteiger partial charge in [0.25, 0.3) is 0 Å². The first-order valence-electron chi connectivity index (χ1n) is 1.68. The summed E-state index contributed by atoms with van der Waals surface area (Å²) in [5, 5.41) is 9.72. The Morgan fingerprint density at radius 2 is 2.20 bits per heavy atom. The van der Waals surface area contributed by atoms with Crippen LogP contribution in [-0.4, -0.2) is 12.7 Å². The van der Waals surface area contributed by atoms with Crippen molar-refractivity contribution in [1.82, 2.24) is 0 Å². The van der Waals surface area contributed by atoms with Gasteiger partial charge in [-0.05, 0) is 0 Å². The Morgan fingerprint density at radius 3 is 2.20 bits per heavy atom. The minimum atomic E-state index is 0.245. The molecule has 0 bridgehead atoms.